The number of nitrogens with zero attached hydrogens (tertiary/aromatic N) is 3. The van der Waals surface area contributed by atoms with Crippen molar-refractivity contribution < 1.29 is 41.7 Å². The molecule has 3 aromatic heterocycles. The zero-order valence-electron chi connectivity index (χ0n) is 26.3. The van der Waals surface area contributed by atoms with Crippen molar-refractivity contribution >= 4 is 21.8 Å². The third-order valence-corrected chi connectivity index (χ3v) is 7.20. The van der Waals surface area contributed by atoms with Crippen LogP contribution in [0.15, 0.2) is 59.5 Å². The molecule has 0 aliphatic rings. The quantitative estimate of drug-likeness (QED) is 0.154. The summed E-state index contributed by atoms with van der Waals surface area (Å²) in [7, 11) is 0. The Kier molecular flexibility index (Phi) is 14.6. The van der Waals surface area contributed by atoms with E-state index >= 15 is 0 Å². The Morgan fingerprint density at radius 2 is 1.61 bits per heavy atom. The van der Waals surface area contributed by atoms with E-state index in [9.17, 15) is 18.0 Å². The number of hydrogen-bond acceptors (Lipinski definition) is 9. The van der Waals surface area contributed by atoms with Crippen LogP contribution in [0.3, 0.4) is 0 Å². The largest absolute Gasteiger partial charge is 0.491 e. The molecule has 3 aromatic rings. The molecule has 0 spiro atoms. The van der Waals surface area contributed by atoms with E-state index in [1.54, 1.807) is 18.5 Å². The maximum absolute atomic E-state index is 13.4. The van der Waals surface area contributed by atoms with Crippen LogP contribution in [0, 0.1) is 0 Å². The highest BCUT2D eigenvalue weighted by atomic mass is 79.9. The van der Waals surface area contributed by atoms with Crippen molar-refractivity contribution in [3.8, 4) is 11.6 Å². The minimum absolute atomic E-state index is 0.110. The van der Waals surface area contributed by atoms with Crippen LogP contribution in [-0.2, 0) is 31.6 Å². The summed E-state index contributed by atoms with van der Waals surface area (Å²) < 4.78 is 67.4. The summed E-state index contributed by atoms with van der Waals surface area (Å²) in [5, 5.41) is 2.98. The second-order valence-electron chi connectivity index (χ2n) is 10.7. The summed E-state index contributed by atoms with van der Waals surface area (Å²) in [6.07, 6.45) is -0.0899. The van der Waals surface area contributed by atoms with Crippen molar-refractivity contribution in [3.05, 3.63) is 76.4 Å². The van der Waals surface area contributed by atoms with Crippen molar-refractivity contribution in [2.24, 2.45) is 0 Å². The minimum Gasteiger partial charge on any atom is -0.491 e. The van der Waals surface area contributed by atoms with E-state index in [1.165, 1.54) is 13.8 Å². The molecule has 1 N–H and O–H groups in total. The summed E-state index contributed by atoms with van der Waals surface area (Å²) in [6.45, 7) is 10.1. The fourth-order valence-electron chi connectivity index (χ4n) is 4.21. The molecule has 14 heteroatoms. The topological polar surface area (TPSA) is 114 Å². The Morgan fingerprint density at radius 3 is 2.22 bits per heavy atom. The molecule has 46 heavy (non-hydrogen) atoms. The molecule has 0 aromatic carbocycles. The first-order valence-electron chi connectivity index (χ1n) is 14.8. The fraction of sp³-hybridized carbons (Fsp3) is 0.500. The van der Waals surface area contributed by atoms with Crippen LogP contribution in [0.5, 0.6) is 11.6 Å². The lowest BCUT2D eigenvalue weighted by Crippen LogP contribution is -2.51. The van der Waals surface area contributed by atoms with Gasteiger partial charge >= 0.3 is 6.18 Å². The number of ether oxygens (including phenoxy) is 5. The number of hydrogen-bond donors (Lipinski definition) is 1. The van der Waals surface area contributed by atoms with E-state index in [0.717, 1.165) is 22.3 Å². The smallest absolute Gasteiger partial charge is 0.417 e. The minimum atomic E-state index is -4.53. The fourth-order valence-corrected chi connectivity index (χ4v) is 4.44. The zero-order valence-corrected chi connectivity index (χ0v) is 27.9. The zero-order chi connectivity index (χ0) is 33.6. The number of aromatic nitrogens is 3. The number of rotatable bonds is 19. The molecular formula is C32H40BrF3N4O6. The standard InChI is InChI=1S/C32H40BrF3N4O6/c1-5-42-12-13-43-14-15-44-16-17-45-26-10-11-37-28(19-26)27(18-25-8-7-24(33)21-38-25)22(2)40-30(41)31(3,4)46-29-9-6-23(20-39-29)32(34,35)36/h6-11,19-22,27H,5,12-18H2,1-4H3,(H,40,41). The van der Waals surface area contributed by atoms with Crippen LogP contribution in [0.1, 0.15) is 50.6 Å². The van der Waals surface area contributed by atoms with Gasteiger partial charge < -0.3 is 29.0 Å². The second kappa shape index (κ2) is 18.1. The predicted octanol–water partition coefficient (Wildman–Crippen LogP) is 5.79. The predicted molar refractivity (Wildman–Crippen MR) is 168 cm³/mol. The summed E-state index contributed by atoms with van der Waals surface area (Å²) >= 11 is 3.40. The first-order valence-corrected chi connectivity index (χ1v) is 15.6. The summed E-state index contributed by atoms with van der Waals surface area (Å²) in [5.74, 6) is -0.333. The van der Waals surface area contributed by atoms with Gasteiger partial charge in [-0.2, -0.15) is 13.2 Å². The van der Waals surface area contributed by atoms with Gasteiger partial charge in [0.15, 0.2) is 5.60 Å². The van der Waals surface area contributed by atoms with Gasteiger partial charge in [-0.15, -0.1) is 0 Å². The molecule has 10 nitrogen and oxygen atoms in total. The lowest BCUT2D eigenvalue weighted by Gasteiger charge is -2.30. The van der Waals surface area contributed by atoms with Crippen molar-refractivity contribution in [1.29, 1.82) is 0 Å². The first-order chi connectivity index (χ1) is 21.9. The molecule has 3 rings (SSSR count). The van der Waals surface area contributed by atoms with Crippen molar-refractivity contribution in [2.45, 2.75) is 57.9 Å². The van der Waals surface area contributed by atoms with E-state index in [-0.39, 0.29) is 11.8 Å². The third-order valence-electron chi connectivity index (χ3n) is 6.73. The molecular weight excluding hydrogens is 673 g/mol. The van der Waals surface area contributed by atoms with Crippen molar-refractivity contribution in [2.75, 3.05) is 46.2 Å². The third kappa shape index (κ3) is 12.5. The molecule has 0 saturated heterocycles. The molecule has 3 heterocycles. The van der Waals surface area contributed by atoms with Gasteiger partial charge in [-0.1, -0.05) is 0 Å². The first kappa shape index (κ1) is 37.1. The molecule has 0 radical (unpaired) electrons. The van der Waals surface area contributed by atoms with Crippen LogP contribution >= 0.6 is 15.9 Å². The van der Waals surface area contributed by atoms with Crippen LogP contribution in [0.4, 0.5) is 13.2 Å². The molecule has 0 bridgehead atoms. The molecule has 0 fully saturated rings. The van der Waals surface area contributed by atoms with E-state index in [0.29, 0.717) is 70.3 Å². The number of pyridine rings is 3. The summed E-state index contributed by atoms with van der Waals surface area (Å²) in [5.41, 5.74) is -0.913. The van der Waals surface area contributed by atoms with E-state index in [2.05, 4.69) is 36.2 Å². The Morgan fingerprint density at radius 1 is 0.913 bits per heavy atom. The highest BCUT2D eigenvalue weighted by Gasteiger charge is 2.35. The van der Waals surface area contributed by atoms with Gasteiger partial charge in [0, 0.05) is 65.2 Å². The van der Waals surface area contributed by atoms with Gasteiger partial charge in [0.2, 0.25) is 5.88 Å². The maximum atomic E-state index is 13.4. The monoisotopic (exact) mass is 712 g/mol. The molecule has 0 saturated carbocycles. The number of carbonyl (C=O) groups excluding carboxylic acids is 1. The number of alkyl halides is 3. The average molecular weight is 714 g/mol. The molecule has 2 atom stereocenters. The number of carbonyl (C=O) groups is 1. The van der Waals surface area contributed by atoms with Gasteiger partial charge in [0.05, 0.1) is 38.6 Å². The lowest BCUT2D eigenvalue weighted by atomic mass is 9.90. The van der Waals surface area contributed by atoms with E-state index < -0.39 is 29.3 Å². The van der Waals surface area contributed by atoms with Gasteiger partial charge in [-0.05, 0) is 74.3 Å². The summed E-state index contributed by atoms with van der Waals surface area (Å²) in [6, 6.07) is 8.80. The van der Waals surface area contributed by atoms with E-state index in [1.807, 2.05) is 32.0 Å². The van der Waals surface area contributed by atoms with Gasteiger partial charge in [-0.3, -0.25) is 14.8 Å². The Balaban J connectivity index is 1.64. The Labute approximate surface area is 275 Å². The van der Waals surface area contributed by atoms with Crippen molar-refractivity contribution in [3.63, 3.8) is 0 Å². The number of halogens is 4. The van der Waals surface area contributed by atoms with Gasteiger partial charge in [0.25, 0.3) is 5.91 Å². The van der Waals surface area contributed by atoms with Crippen LogP contribution < -0.4 is 14.8 Å². The van der Waals surface area contributed by atoms with Crippen LogP contribution in [0.2, 0.25) is 0 Å². The second-order valence-corrected chi connectivity index (χ2v) is 11.6. The van der Waals surface area contributed by atoms with Gasteiger partial charge in [0.1, 0.15) is 12.4 Å². The Bertz CT molecular complexity index is 1350. The van der Waals surface area contributed by atoms with E-state index in [4.69, 9.17) is 23.7 Å². The maximum Gasteiger partial charge on any atom is 0.417 e. The molecule has 1 amide bonds. The number of amides is 1. The number of nitrogens with one attached hydrogen (secondary N) is 1. The summed E-state index contributed by atoms with van der Waals surface area (Å²) in [4.78, 5) is 26.2. The van der Waals surface area contributed by atoms with Crippen molar-refractivity contribution in [1.82, 2.24) is 20.3 Å². The molecule has 0 aliphatic heterocycles. The SMILES string of the molecule is CCOCCOCCOCCOc1ccnc(C(Cc2ccc(Br)cn2)C(C)NC(=O)C(C)(C)Oc2ccc(C(F)(F)F)cn2)c1. The highest BCUT2D eigenvalue weighted by Crippen LogP contribution is 2.30. The lowest BCUT2D eigenvalue weighted by molar-refractivity contribution is -0.138. The molecule has 2 unspecified atom stereocenters. The van der Waals surface area contributed by atoms with Crippen LogP contribution in [0.25, 0.3) is 0 Å². The normalized spacial score (nSPS) is 13.2. The molecule has 0 aliphatic carbocycles. The Hall–Kier alpha value is -3.33. The highest BCUT2D eigenvalue weighted by molar-refractivity contribution is 9.10. The van der Waals surface area contributed by atoms with Crippen LogP contribution in [-0.4, -0.2) is 78.8 Å². The van der Waals surface area contributed by atoms with Gasteiger partial charge in [-0.25, -0.2) is 4.98 Å². The molecule has 252 valence electrons. The average Bonchev–Trinajstić information content (AvgIpc) is 3.01.